The van der Waals surface area contributed by atoms with E-state index < -0.39 is 9.84 Å². The fourth-order valence-electron chi connectivity index (χ4n) is 1.06. The summed E-state index contributed by atoms with van der Waals surface area (Å²) in [6, 6.07) is 6.52. The Kier molecular flexibility index (Phi) is 6.81. The monoisotopic (exact) mass is 256 g/mol. The quantitative estimate of drug-likeness (QED) is 0.569. The molecule has 0 heterocycles. The fourth-order valence-corrected chi connectivity index (χ4v) is 2.15. The molecule has 0 fully saturated rings. The molecule has 0 aliphatic heterocycles. The molecule has 17 heavy (non-hydrogen) atoms. The van der Waals surface area contributed by atoms with E-state index in [9.17, 15) is 13.2 Å². The standard InChI is InChI=1S/C10H11O4S.CHO/c1-9-2-4-10(5-3-9)15(12,13)7-6-14-8-11;1-2/h2-5H,6-7H2,1H3;1H. The number of rotatable bonds is 5. The summed E-state index contributed by atoms with van der Waals surface area (Å²) in [5.74, 6) is -0.217. The van der Waals surface area contributed by atoms with Crippen LogP contribution in [0.25, 0.3) is 0 Å². The van der Waals surface area contributed by atoms with E-state index in [1.165, 1.54) is 18.6 Å². The SMILES string of the molecule is Cc1ccc(S(=O)(=O)CCO[C]=O)cc1.[CH]=O. The maximum Gasteiger partial charge on any atom is 0.417 e. The molecule has 1 aromatic rings. The average molecular weight is 256 g/mol. The molecule has 0 aliphatic rings. The van der Waals surface area contributed by atoms with Gasteiger partial charge in [-0.15, -0.1) is 0 Å². The average Bonchev–Trinajstić information content (AvgIpc) is 2.32. The van der Waals surface area contributed by atoms with Crippen LogP contribution in [0, 0.1) is 6.92 Å². The van der Waals surface area contributed by atoms with Gasteiger partial charge >= 0.3 is 6.47 Å². The van der Waals surface area contributed by atoms with Crippen molar-refractivity contribution in [3.63, 3.8) is 0 Å². The molecule has 1 rings (SSSR count). The number of aryl methyl sites for hydroxylation is 1. The van der Waals surface area contributed by atoms with Crippen LogP contribution < -0.4 is 0 Å². The van der Waals surface area contributed by atoms with Crippen molar-refractivity contribution >= 4 is 23.1 Å². The first-order chi connectivity index (χ1) is 8.06. The lowest BCUT2D eigenvalue weighted by Gasteiger charge is -2.03. The predicted octanol–water partition coefficient (Wildman–Crippen LogP) is 0.578. The van der Waals surface area contributed by atoms with Crippen molar-refractivity contribution in [2.45, 2.75) is 11.8 Å². The summed E-state index contributed by atoms with van der Waals surface area (Å²) >= 11 is 0. The third-order valence-electron chi connectivity index (χ3n) is 1.89. The predicted molar refractivity (Wildman–Crippen MR) is 61.6 cm³/mol. The molecule has 92 valence electrons. The van der Waals surface area contributed by atoms with E-state index in [0.29, 0.717) is 0 Å². The Balaban J connectivity index is 0.00000121. The van der Waals surface area contributed by atoms with Crippen molar-refractivity contribution in [3.05, 3.63) is 29.8 Å². The Morgan fingerprint density at radius 2 is 1.76 bits per heavy atom. The molecular weight excluding hydrogens is 244 g/mol. The van der Waals surface area contributed by atoms with Crippen LogP contribution in [0.4, 0.5) is 0 Å². The lowest BCUT2D eigenvalue weighted by molar-refractivity contribution is 0.297. The van der Waals surface area contributed by atoms with Crippen molar-refractivity contribution < 1.29 is 22.7 Å². The smallest absolute Gasteiger partial charge is 0.417 e. The van der Waals surface area contributed by atoms with Crippen molar-refractivity contribution in [2.75, 3.05) is 12.4 Å². The summed E-state index contributed by atoms with van der Waals surface area (Å²) in [4.78, 5) is 17.7. The van der Waals surface area contributed by atoms with E-state index >= 15 is 0 Å². The molecule has 0 saturated heterocycles. The molecule has 0 unspecified atom stereocenters. The normalized spacial score (nSPS) is 9.94. The van der Waals surface area contributed by atoms with Crippen molar-refractivity contribution in [1.29, 1.82) is 0 Å². The second-order valence-electron chi connectivity index (χ2n) is 3.06. The van der Waals surface area contributed by atoms with Crippen LogP contribution in [0.2, 0.25) is 0 Å². The molecule has 1 aromatic carbocycles. The molecule has 0 bridgehead atoms. The molecule has 0 aromatic heterocycles. The fraction of sp³-hybridized carbons (Fsp3) is 0.273. The molecule has 0 spiro atoms. The highest BCUT2D eigenvalue weighted by atomic mass is 32.2. The summed E-state index contributed by atoms with van der Waals surface area (Å²) in [7, 11) is -3.35. The Morgan fingerprint density at radius 3 is 2.24 bits per heavy atom. The molecule has 0 aliphatic carbocycles. The van der Waals surface area contributed by atoms with Crippen LogP contribution in [0.3, 0.4) is 0 Å². The van der Waals surface area contributed by atoms with Crippen LogP contribution in [0.15, 0.2) is 29.2 Å². The van der Waals surface area contributed by atoms with Crippen LogP contribution in [-0.4, -0.2) is 34.0 Å². The van der Waals surface area contributed by atoms with Gasteiger partial charge in [0.15, 0.2) is 16.6 Å². The Morgan fingerprint density at radius 1 is 1.24 bits per heavy atom. The largest absolute Gasteiger partial charge is 0.456 e. The van der Waals surface area contributed by atoms with Gasteiger partial charge in [0.25, 0.3) is 0 Å². The summed E-state index contributed by atoms with van der Waals surface area (Å²) in [5.41, 5.74) is 0.992. The number of hydrogen-bond donors (Lipinski definition) is 0. The summed E-state index contributed by atoms with van der Waals surface area (Å²) in [6.07, 6.45) is 0. The zero-order valence-electron chi connectivity index (χ0n) is 9.25. The van der Waals surface area contributed by atoms with Crippen molar-refractivity contribution in [3.8, 4) is 0 Å². The van der Waals surface area contributed by atoms with E-state index in [2.05, 4.69) is 11.5 Å². The highest BCUT2D eigenvalue weighted by Crippen LogP contribution is 2.11. The first-order valence-electron chi connectivity index (χ1n) is 4.58. The van der Waals surface area contributed by atoms with Gasteiger partial charge < -0.3 is 4.74 Å². The zero-order chi connectivity index (χ0) is 13.3. The number of sulfone groups is 1. The zero-order valence-corrected chi connectivity index (χ0v) is 10.1. The van der Waals surface area contributed by atoms with Gasteiger partial charge in [-0.05, 0) is 19.1 Å². The number of ether oxygens (including phenoxy) is 1. The lowest BCUT2D eigenvalue weighted by Crippen LogP contribution is -2.12. The molecule has 6 heteroatoms. The number of benzene rings is 1. The second kappa shape index (κ2) is 7.56. The third kappa shape index (κ3) is 5.26. The Labute approximate surface area is 100 Å². The minimum absolute atomic E-state index is 0.167. The van der Waals surface area contributed by atoms with Gasteiger partial charge in [-0.3, -0.25) is 4.79 Å². The topological polar surface area (TPSA) is 77.5 Å². The van der Waals surface area contributed by atoms with Crippen molar-refractivity contribution in [1.82, 2.24) is 0 Å². The number of carbonyl (C=O) groups excluding carboxylic acids is 2. The van der Waals surface area contributed by atoms with E-state index in [-0.39, 0.29) is 17.3 Å². The van der Waals surface area contributed by atoms with Crippen LogP contribution in [0.1, 0.15) is 5.56 Å². The number of hydrogen-bond acceptors (Lipinski definition) is 5. The molecule has 0 atom stereocenters. The van der Waals surface area contributed by atoms with Crippen molar-refractivity contribution in [2.24, 2.45) is 0 Å². The molecule has 2 radical (unpaired) electrons. The summed E-state index contributed by atoms with van der Waals surface area (Å²) in [6.45, 7) is 6.15. The van der Waals surface area contributed by atoms with Gasteiger partial charge in [0.2, 0.25) is 0 Å². The summed E-state index contributed by atoms with van der Waals surface area (Å²) < 4.78 is 27.4. The van der Waals surface area contributed by atoms with Gasteiger partial charge in [0.05, 0.1) is 10.6 Å². The van der Waals surface area contributed by atoms with Crippen LogP contribution in [0.5, 0.6) is 0 Å². The Hall–Kier alpha value is -1.69. The van der Waals surface area contributed by atoms with Gasteiger partial charge in [0, 0.05) is 0 Å². The maximum atomic E-state index is 11.6. The first-order valence-corrected chi connectivity index (χ1v) is 6.23. The first kappa shape index (κ1) is 15.3. The van der Waals surface area contributed by atoms with E-state index in [1.807, 2.05) is 6.92 Å². The van der Waals surface area contributed by atoms with Crippen LogP contribution in [-0.2, 0) is 24.2 Å². The lowest BCUT2D eigenvalue weighted by atomic mass is 10.2. The molecule has 0 saturated carbocycles. The molecular formula is C11H12O5S. The minimum atomic E-state index is -3.35. The van der Waals surface area contributed by atoms with Gasteiger partial charge in [-0.25, -0.2) is 13.2 Å². The molecule has 0 amide bonds. The highest BCUT2D eigenvalue weighted by molar-refractivity contribution is 7.91. The second-order valence-corrected chi connectivity index (χ2v) is 5.17. The van der Waals surface area contributed by atoms with Crippen LogP contribution >= 0.6 is 0 Å². The Bertz CT molecular complexity index is 435. The van der Waals surface area contributed by atoms with E-state index in [1.54, 1.807) is 12.1 Å². The molecule has 5 nitrogen and oxygen atoms in total. The van der Waals surface area contributed by atoms with Gasteiger partial charge in [-0.1, -0.05) is 17.7 Å². The highest BCUT2D eigenvalue weighted by Gasteiger charge is 2.13. The summed E-state index contributed by atoms with van der Waals surface area (Å²) in [5, 5.41) is 0. The van der Waals surface area contributed by atoms with E-state index in [0.717, 1.165) is 5.56 Å². The molecule has 0 N–H and O–H groups in total. The maximum absolute atomic E-state index is 11.6. The van der Waals surface area contributed by atoms with E-state index in [4.69, 9.17) is 4.79 Å². The minimum Gasteiger partial charge on any atom is -0.456 e. The third-order valence-corrected chi connectivity index (χ3v) is 3.59. The van der Waals surface area contributed by atoms with Gasteiger partial charge in [0.1, 0.15) is 6.61 Å². The van der Waals surface area contributed by atoms with Gasteiger partial charge in [-0.2, -0.15) is 0 Å².